The monoisotopic (exact) mass is 242 g/mol. The third-order valence-electron chi connectivity index (χ3n) is 3.85. The predicted octanol–water partition coefficient (Wildman–Crippen LogP) is -1.06. The molecule has 2 atom stereocenters. The van der Waals surface area contributed by atoms with Gasteiger partial charge in [-0.25, -0.2) is 0 Å². The minimum atomic E-state index is 0.357. The van der Waals surface area contributed by atoms with Gasteiger partial charge in [0.1, 0.15) is 0 Å². The van der Waals surface area contributed by atoms with Crippen LogP contribution in [0.15, 0.2) is 0 Å². The third kappa shape index (κ3) is 3.63. The van der Waals surface area contributed by atoms with Gasteiger partial charge in [-0.15, -0.1) is 0 Å². The van der Waals surface area contributed by atoms with Gasteiger partial charge >= 0.3 is 0 Å². The minimum Gasteiger partial charge on any atom is -0.374 e. The van der Waals surface area contributed by atoms with E-state index in [1.165, 1.54) is 0 Å². The fourth-order valence-corrected chi connectivity index (χ4v) is 2.72. The Hall–Kier alpha value is -0.200. The number of piperazine rings is 1. The maximum absolute atomic E-state index is 5.86. The van der Waals surface area contributed by atoms with E-state index in [1.807, 2.05) is 0 Å². The molecule has 2 rings (SSSR count). The van der Waals surface area contributed by atoms with E-state index >= 15 is 0 Å². The normalized spacial score (nSPS) is 32.8. The minimum absolute atomic E-state index is 0.357. The number of nitrogens with two attached hydrogens (primary N) is 1. The van der Waals surface area contributed by atoms with E-state index < -0.39 is 0 Å². The lowest BCUT2D eigenvalue weighted by Gasteiger charge is -2.40. The van der Waals surface area contributed by atoms with Gasteiger partial charge in [-0.1, -0.05) is 6.92 Å². The number of hydrogen-bond acceptors (Lipinski definition) is 5. The molecule has 0 radical (unpaired) electrons. The number of morpholine rings is 1. The van der Waals surface area contributed by atoms with E-state index in [9.17, 15) is 0 Å². The van der Waals surface area contributed by atoms with Crippen LogP contribution in [0.4, 0.5) is 0 Å². The molecule has 5 nitrogen and oxygen atoms in total. The summed E-state index contributed by atoms with van der Waals surface area (Å²) >= 11 is 0. The molecule has 0 aromatic carbocycles. The molecule has 100 valence electrons. The van der Waals surface area contributed by atoms with Crippen LogP contribution in [0, 0.1) is 0 Å². The lowest BCUT2D eigenvalue weighted by molar-refractivity contribution is -0.0487. The summed E-state index contributed by atoms with van der Waals surface area (Å²) in [4.78, 5) is 4.95. The Bertz CT molecular complexity index is 227. The van der Waals surface area contributed by atoms with Crippen molar-refractivity contribution in [3.8, 4) is 0 Å². The maximum atomic E-state index is 5.86. The number of likely N-dealkylation sites (N-methyl/N-ethyl adjacent to an activating group) is 1. The van der Waals surface area contributed by atoms with Gasteiger partial charge in [-0.3, -0.25) is 9.80 Å². The lowest BCUT2D eigenvalue weighted by Crippen LogP contribution is -2.58. The van der Waals surface area contributed by atoms with Crippen LogP contribution in [-0.4, -0.2) is 80.9 Å². The molecule has 2 heterocycles. The highest BCUT2D eigenvalue weighted by Gasteiger charge is 2.26. The van der Waals surface area contributed by atoms with Crippen molar-refractivity contribution in [3.63, 3.8) is 0 Å². The van der Waals surface area contributed by atoms with Crippen LogP contribution in [0.2, 0.25) is 0 Å². The topological polar surface area (TPSA) is 53.8 Å². The van der Waals surface area contributed by atoms with Crippen LogP contribution in [0.5, 0.6) is 0 Å². The Balaban J connectivity index is 1.81. The van der Waals surface area contributed by atoms with Gasteiger partial charge in [0.25, 0.3) is 0 Å². The molecule has 0 aliphatic carbocycles. The maximum Gasteiger partial charge on any atom is 0.0829 e. The summed E-state index contributed by atoms with van der Waals surface area (Å²) in [7, 11) is 0. The van der Waals surface area contributed by atoms with E-state index in [-0.39, 0.29) is 0 Å². The largest absolute Gasteiger partial charge is 0.374 e. The second-order valence-electron chi connectivity index (χ2n) is 4.97. The van der Waals surface area contributed by atoms with Gasteiger partial charge in [0.05, 0.1) is 12.7 Å². The number of ether oxygens (including phenoxy) is 1. The van der Waals surface area contributed by atoms with Crippen molar-refractivity contribution in [1.29, 1.82) is 0 Å². The summed E-state index contributed by atoms with van der Waals surface area (Å²) in [5.74, 6) is 0. The molecule has 2 unspecified atom stereocenters. The van der Waals surface area contributed by atoms with Crippen molar-refractivity contribution >= 4 is 0 Å². The molecular formula is C12H26N4O. The highest BCUT2D eigenvalue weighted by atomic mass is 16.5. The number of nitrogens with one attached hydrogen (secondary N) is 1. The van der Waals surface area contributed by atoms with E-state index in [0.717, 1.165) is 59.0 Å². The highest BCUT2D eigenvalue weighted by Crippen LogP contribution is 2.10. The summed E-state index contributed by atoms with van der Waals surface area (Å²) in [6.07, 6.45) is 0.357. The van der Waals surface area contributed by atoms with Crippen molar-refractivity contribution in [1.82, 2.24) is 15.1 Å². The Morgan fingerprint density at radius 3 is 3.06 bits per heavy atom. The molecule has 0 spiro atoms. The van der Waals surface area contributed by atoms with E-state index in [2.05, 4.69) is 22.0 Å². The van der Waals surface area contributed by atoms with Crippen molar-refractivity contribution in [3.05, 3.63) is 0 Å². The summed E-state index contributed by atoms with van der Waals surface area (Å²) in [5, 5.41) is 3.40. The van der Waals surface area contributed by atoms with Gasteiger partial charge in [0.2, 0.25) is 0 Å². The molecule has 0 aromatic rings. The molecule has 0 bridgehead atoms. The molecule has 0 amide bonds. The van der Waals surface area contributed by atoms with Crippen LogP contribution in [0.25, 0.3) is 0 Å². The number of nitrogens with zero attached hydrogens (tertiary/aromatic N) is 2. The fourth-order valence-electron chi connectivity index (χ4n) is 2.72. The number of hydrogen-bond donors (Lipinski definition) is 2. The highest BCUT2D eigenvalue weighted by molar-refractivity contribution is 4.84. The van der Waals surface area contributed by atoms with Gasteiger partial charge in [-0.2, -0.15) is 0 Å². The van der Waals surface area contributed by atoms with Gasteiger partial charge in [-0.05, 0) is 6.54 Å². The first-order valence-corrected chi connectivity index (χ1v) is 6.82. The summed E-state index contributed by atoms with van der Waals surface area (Å²) in [6.45, 7) is 11.3. The molecular weight excluding hydrogens is 216 g/mol. The Morgan fingerprint density at radius 2 is 2.29 bits per heavy atom. The van der Waals surface area contributed by atoms with Gasteiger partial charge in [0.15, 0.2) is 0 Å². The Kier molecular flexibility index (Phi) is 5.18. The Morgan fingerprint density at radius 1 is 1.41 bits per heavy atom. The van der Waals surface area contributed by atoms with E-state index in [0.29, 0.717) is 12.1 Å². The molecule has 5 heteroatoms. The zero-order valence-electron chi connectivity index (χ0n) is 10.9. The zero-order valence-corrected chi connectivity index (χ0v) is 10.9. The average Bonchev–Trinajstić information content (AvgIpc) is 2.39. The second-order valence-corrected chi connectivity index (χ2v) is 4.97. The molecule has 2 saturated heterocycles. The average molecular weight is 242 g/mol. The molecule has 0 aromatic heterocycles. The second kappa shape index (κ2) is 6.66. The molecule has 2 aliphatic heterocycles. The van der Waals surface area contributed by atoms with E-state index in [1.54, 1.807) is 0 Å². The molecule has 2 aliphatic rings. The van der Waals surface area contributed by atoms with Crippen LogP contribution >= 0.6 is 0 Å². The van der Waals surface area contributed by atoms with Crippen LogP contribution in [-0.2, 0) is 4.74 Å². The molecule has 3 N–H and O–H groups in total. The first kappa shape index (κ1) is 13.2. The molecule has 0 saturated carbocycles. The SMILES string of the molecule is CCN1CCOC(CN2CCNCC2CN)C1. The summed E-state index contributed by atoms with van der Waals surface area (Å²) in [5.41, 5.74) is 5.82. The smallest absolute Gasteiger partial charge is 0.0829 e. The fraction of sp³-hybridized carbons (Fsp3) is 1.00. The predicted molar refractivity (Wildman–Crippen MR) is 69.1 cm³/mol. The van der Waals surface area contributed by atoms with E-state index in [4.69, 9.17) is 10.5 Å². The molecule has 2 fully saturated rings. The number of rotatable bonds is 4. The van der Waals surface area contributed by atoms with Crippen molar-refractivity contribution in [2.45, 2.75) is 19.1 Å². The van der Waals surface area contributed by atoms with Gasteiger partial charge in [0, 0.05) is 51.9 Å². The van der Waals surface area contributed by atoms with Crippen molar-refractivity contribution in [2.24, 2.45) is 5.73 Å². The van der Waals surface area contributed by atoms with Crippen LogP contribution < -0.4 is 11.1 Å². The standard InChI is InChI=1S/C12H26N4O/c1-2-15-5-6-17-12(9-15)10-16-4-3-14-8-11(16)7-13/h11-12,14H,2-10,13H2,1H3. The first-order chi connectivity index (χ1) is 8.33. The Labute approximate surface area is 104 Å². The van der Waals surface area contributed by atoms with Crippen molar-refractivity contribution in [2.75, 3.05) is 59.0 Å². The third-order valence-corrected chi connectivity index (χ3v) is 3.85. The van der Waals surface area contributed by atoms with Crippen LogP contribution in [0.3, 0.4) is 0 Å². The zero-order chi connectivity index (χ0) is 12.1. The first-order valence-electron chi connectivity index (χ1n) is 6.82. The lowest BCUT2D eigenvalue weighted by atomic mass is 10.1. The summed E-state index contributed by atoms with van der Waals surface area (Å²) in [6, 6.07) is 0.476. The van der Waals surface area contributed by atoms with Crippen molar-refractivity contribution < 1.29 is 4.74 Å². The van der Waals surface area contributed by atoms with Gasteiger partial charge < -0.3 is 15.8 Å². The van der Waals surface area contributed by atoms with Crippen LogP contribution in [0.1, 0.15) is 6.92 Å². The molecule has 17 heavy (non-hydrogen) atoms. The quantitative estimate of drug-likeness (QED) is 0.658. The summed E-state index contributed by atoms with van der Waals surface area (Å²) < 4.78 is 5.86.